The van der Waals surface area contributed by atoms with Crippen molar-refractivity contribution >= 4 is 12.0 Å². The molecule has 1 rings (SSSR count). The van der Waals surface area contributed by atoms with Crippen LogP contribution in [0.15, 0.2) is 0 Å². The van der Waals surface area contributed by atoms with E-state index in [9.17, 15) is 9.59 Å². The van der Waals surface area contributed by atoms with Crippen molar-refractivity contribution in [3.63, 3.8) is 0 Å². The Balaban J connectivity index is 2.51. The molecule has 1 aliphatic heterocycles. The molecular formula is C14H27N3O3. The highest BCUT2D eigenvalue weighted by Crippen LogP contribution is 2.19. The predicted molar refractivity (Wildman–Crippen MR) is 77.7 cm³/mol. The van der Waals surface area contributed by atoms with Gasteiger partial charge in [0.25, 0.3) is 0 Å². The largest absolute Gasteiger partial charge is 0.480 e. The molecule has 1 fully saturated rings. The molecular weight excluding hydrogens is 258 g/mol. The number of rotatable bonds is 5. The highest BCUT2D eigenvalue weighted by atomic mass is 16.4. The fourth-order valence-corrected chi connectivity index (χ4v) is 2.79. The van der Waals surface area contributed by atoms with Gasteiger partial charge in [0.1, 0.15) is 6.04 Å². The Bertz CT molecular complexity index is 339. The van der Waals surface area contributed by atoms with Gasteiger partial charge >= 0.3 is 12.0 Å². The third kappa shape index (κ3) is 4.37. The molecule has 0 aromatic carbocycles. The second kappa shape index (κ2) is 7.47. The smallest absolute Gasteiger partial charge is 0.326 e. The van der Waals surface area contributed by atoms with E-state index in [1.807, 2.05) is 0 Å². The SMILES string of the molecule is CCC(C(=O)O)N(C)C(=O)N1CCC(CN(C)C)CC1. The average molecular weight is 285 g/mol. The van der Waals surface area contributed by atoms with E-state index in [1.165, 1.54) is 4.90 Å². The van der Waals surface area contributed by atoms with E-state index in [2.05, 4.69) is 19.0 Å². The number of carbonyl (C=O) groups is 2. The van der Waals surface area contributed by atoms with Gasteiger partial charge in [0.15, 0.2) is 0 Å². The standard InChI is InChI=1S/C14H27N3O3/c1-5-12(13(18)19)16(4)14(20)17-8-6-11(7-9-17)10-15(2)3/h11-12H,5-10H2,1-4H3,(H,18,19). The molecule has 1 heterocycles. The van der Waals surface area contributed by atoms with Crippen LogP contribution in [0.25, 0.3) is 0 Å². The summed E-state index contributed by atoms with van der Waals surface area (Å²) in [6, 6.07) is -0.899. The number of aliphatic carboxylic acids is 1. The summed E-state index contributed by atoms with van der Waals surface area (Å²) in [4.78, 5) is 28.7. The molecule has 2 amide bonds. The molecule has 1 aliphatic rings. The first kappa shape index (κ1) is 16.8. The van der Waals surface area contributed by atoms with Crippen LogP contribution in [-0.2, 0) is 4.79 Å². The summed E-state index contributed by atoms with van der Waals surface area (Å²) < 4.78 is 0. The highest BCUT2D eigenvalue weighted by molar-refractivity contribution is 5.82. The van der Waals surface area contributed by atoms with Crippen LogP contribution in [-0.4, -0.2) is 78.6 Å². The number of hydrogen-bond donors (Lipinski definition) is 1. The van der Waals surface area contributed by atoms with Crippen LogP contribution < -0.4 is 0 Å². The summed E-state index contributed by atoms with van der Waals surface area (Å²) in [7, 11) is 5.70. The number of carbonyl (C=O) groups excluding carboxylic acids is 1. The Morgan fingerprint density at radius 1 is 1.25 bits per heavy atom. The number of amides is 2. The van der Waals surface area contributed by atoms with Crippen LogP contribution in [0.5, 0.6) is 0 Å². The lowest BCUT2D eigenvalue weighted by Crippen LogP contribution is -2.51. The Morgan fingerprint density at radius 2 is 1.80 bits per heavy atom. The minimum atomic E-state index is -0.939. The molecule has 1 atom stereocenters. The summed E-state index contributed by atoms with van der Waals surface area (Å²) in [5.41, 5.74) is 0. The first-order valence-corrected chi connectivity index (χ1v) is 7.26. The van der Waals surface area contributed by atoms with E-state index in [0.29, 0.717) is 12.3 Å². The molecule has 0 spiro atoms. The summed E-state index contributed by atoms with van der Waals surface area (Å²) in [6.45, 7) is 4.27. The Morgan fingerprint density at radius 3 is 2.20 bits per heavy atom. The van der Waals surface area contributed by atoms with E-state index in [4.69, 9.17) is 5.11 Å². The predicted octanol–water partition coefficient (Wildman–Crippen LogP) is 1.18. The van der Waals surface area contributed by atoms with Gasteiger partial charge in [-0.2, -0.15) is 0 Å². The van der Waals surface area contributed by atoms with Crippen LogP contribution in [0.1, 0.15) is 26.2 Å². The number of likely N-dealkylation sites (N-methyl/N-ethyl adjacent to an activating group) is 1. The van der Waals surface area contributed by atoms with Crippen LogP contribution in [0.4, 0.5) is 4.79 Å². The topological polar surface area (TPSA) is 64.1 Å². The van der Waals surface area contributed by atoms with Gasteiger partial charge in [-0.15, -0.1) is 0 Å². The van der Waals surface area contributed by atoms with Crippen molar-refractivity contribution in [2.24, 2.45) is 5.92 Å². The zero-order valence-corrected chi connectivity index (χ0v) is 13.0. The van der Waals surface area contributed by atoms with Crippen LogP contribution >= 0.6 is 0 Å². The van der Waals surface area contributed by atoms with Crippen molar-refractivity contribution in [2.75, 3.05) is 40.8 Å². The maximum atomic E-state index is 12.3. The summed E-state index contributed by atoms with van der Waals surface area (Å²) in [5.74, 6) is -0.313. The van der Waals surface area contributed by atoms with E-state index in [-0.39, 0.29) is 6.03 Å². The molecule has 116 valence electrons. The van der Waals surface area contributed by atoms with Gasteiger partial charge in [0, 0.05) is 26.7 Å². The quantitative estimate of drug-likeness (QED) is 0.823. The number of nitrogens with zero attached hydrogens (tertiary/aromatic N) is 3. The Kier molecular flexibility index (Phi) is 6.26. The third-order valence-electron chi connectivity index (χ3n) is 3.95. The summed E-state index contributed by atoms with van der Waals surface area (Å²) in [5, 5.41) is 9.11. The van der Waals surface area contributed by atoms with Crippen LogP contribution in [0, 0.1) is 5.92 Å². The molecule has 0 aromatic heterocycles. The average Bonchev–Trinajstić information content (AvgIpc) is 2.38. The zero-order valence-electron chi connectivity index (χ0n) is 13.0. The lowest BCUT2D eigenvalue weighted by atomic mass is 9.96. The number of piperidine rings is 1. The normalized spacial score (nSPS) is 18.1. The molecule has 0 bridgehead atoms. The molecule has 0 saturated carbocycles. The van der Waals surface area contributed by atoms with Crippen molar-refractivity contribution < 1.29 is 14.7 Å². The maximum Gasteiger partial charge on any atom is 0.326 e. The number of urea groups is 1. The van der Waals surface area contributed by atoms with E-state index in [1.54, 1.807) is 18.9 Å². The van der Waals surface area contributed by atoms with Crippen molar-refractivity contribution in [1.29, 1.82) is 0 Å². The van der Waals surface area contributed by atoms with E-state index in [0.717, 1.165) is 32.5 Å². The summed E-state index contributed by atoms with van der Waals surface area (Å²) in [6.07, 6.45) is 2.40. The molecule has 6 heteroatoms. The first-order chi connectivity index (χ1) is 9.36. The van der Waals surface area contributed by atoms with Gasteiger partial charge in [-0.3, -0.25) is 0 Å². The van der Waals surface area contributed by atoms with E-state index < -0.39 is 12.0 Å². The molecule has 0 aromatic rings. The van der Waals surface area contributed by atoms with Gasteiger partial charge in [-0.25, -0.2) is 9.59 Å². The molecule has 1 N–H and O–H groups in total. The molecule has 6 nitrogen and oxygen atoms in total. The van der Waals surface area contributed by atoms with Crippen molar-refractivity contribution in [3.05, 3.63) is 0 Å². The monoisotopic (exact) mass is 285 g/mol. The molecule has 1 saturated heterocycles. The lowest BCUT2D eigenvalue weighted by Gasteiger charge is -2.36. The van der Waals surface area contributed by atoms with Gasteiger partial charge < -0.3 is 19.8 Å². The van der Waals surface area contributed by atoms with Crippen LogP contribution in [0.2, 0.25) is 0 Å². The molecule has 0 aliphatic carbocycles. The molecule has 20 heavy (non-hydrogen) atoms. The highest BCUT2D eigenvalue weighted by Gasteiger charge is 2.30. The first-order valence-electron chi connectivity index (χ1n) is 7.26. The third-order valence-corrected chi connectivity index (χ3v) is 3.95. The zero-order chi connectivity index (χ0) is 15.3. The minimum Gasteiger partial charge on any atom is -0.480 e. The molecule has 0 radical (unpaired) electrons. The lowest BCUT2D eigenvalue weighted by molar-refractivity contribution is -0.142. The van der Waals surface area contributed by atoms with Crippen molar-refractivity contribution in [1.82, 2.24) is 14.7 Å². The number of hydrogen-bond acceptors (Lipinski definition) is 3. The Hall–Kier alpha value is -1.30. The summed E-state index contributed by atoms with van der Waals surface area (Å²) >= 11 is 0. The Labute approximate surface area is 121 Å². The van der Waals surface area contributed by atoms with Gasteiger partial charge in [0.05, 0.1) is 0 Å². The van der Waals surface area contributed by atoms with Gasteiger partial charge in [-0.1, -0.05) is 6.92 Å². The fraction of sp³-hybridized carbons (Fsp3) is 0.857. The molecule has 1 unspecified atom stereocenters. The second-order valence-corrected chi connectivity index (χ2v) is 5.85. The second-order valence-electron chi connectivity index (χ2n) is 5.85. The van der Waals surface area contributed by atoms with Crippen molar-refractivity contribution in [3.8, 4) is 0 Å². The minimum absolute atomic E-state index is 0.164. The fourth-order valence-electron chi connectivity index (χ4n) is 2.79. The number of likely N-dealkylation sites (tertiary alicyclic amines) is 1. The van der Waals surface area contributed by atoms with Crippen molar-refractivity contribution in [2.45, 2.75) is 32.2 Å². The van der Waals surface area contributed by atoms with Gasteiger partial charge in [0.2, 0.25) is 0 Å². The van der Waals surface area contributed by atoms with E-state index >= 15 is 0 Å². The number of carboxylic acid groups (broad SMARTS) is 1. The van der Waals surface area contributed by atoms with Gasteiger partial charge in [-0.05, 0) is 39.3 Å². The maximum absolute atomic E-state index is 12.3. The van der Waals surface area contributed by atoms with Crippen LogP contribution in [0.3, 0.4) is 0 Å². The number of carboxylic acids is 1.